The van der Waals surface area contributed by atoms with Gasteiger partial charge in [0.2, 0.25) is 0 Å². The summed E-state index contributed by atoms with van der Waals surface area (Å²) in [5.74, 6) is -4.63. The Bertz CT molecular complexity index is 1740. The van der Waals surface area contributed by atoms with Gasteiger partial charge in [0.1, 0.15) is 23.0 Å². The lowest BCUT2D eigenvalue weighted by Gasteiger charge is -2.45. The average Bonchev–Trinajstić information content (AvgIpc) is 3.18. The number of rotatable bonds is 16. The summed E-state index contributed by atoms with van der Waals surface area (Å²) < 4.78 is 0. The SMILES string of the molecule is O=C(O)CN1C[C@H](Cc2ccc(O)cc2)N(CC(=O)O)C[C@H](Cc2ccc(O)cc2)N(CC(=O)O)C[C@H](Cc2ccc(O)cc2)N(CC(=O)O)C[C@@H]1Cc1ccc(O)cc1. The molecule has 1 aliphatic heterocycles. The summed E-state index contributed by atoms with van der Waals surface area (Å²) >= 11 is 0. The second-order valence-electron chi connectivity index (χ2n) is 15.4. The maximum atomic E-state index is 12.7. The van der Waals surface area contributed by atoms with Gasteiger partial charge in [0, 0.05) is 50.3 Å². The zero-order valence-electron chi connectivity index (χ0n) is 33.0. The van der Waals surface area contributed by atoms with Gasteiger partial charge in [-0.25, -0.2) is 0 Å². The number of benzene rings is 4. The van der Waals surface area contributed by atoms with Gasteiger partial charge in [0.05, 0.1) is 26.2 Å². The molecule has 4 aromatic carbocycles. The van der Waals surface area contributed by atoms with E-state index in [2.05, 4.69) is 0 Å². The van der Waals surface area contributed by atoms with Crippen molar-refractivity contribution in [3.8, 4) is 23.0 Å². The van der Waals surface area contributed by atoms with Crippen LogP contribution < -0.4 is 0 Å². The van der Waals surface area contributed by atoms with E-state index in [9.17, 15) is 60.0 Å². The highest BCUT2D eigenvalue weighted by atomic mass is 16.4. The number of phenols is 4. The van der Waals surface area contributed by atoms with E-state index in [1.807, 2.05) is 0 Å². The van der Waals surface area contributed by atoms with Crippen molar-refractivity contribution in [2.45, 2.75) is 49.9 Å². The lowest BCUT2D eigenvalue weighted by molar-refractivity contribution is -0.144. The molecule has 1 saturated heterocycles. The van der Waals surface area contributed by atoms with Gasteiger partial charge in [0.15, 0.2) is 0 Å². The maximum absolute atomic E-state index is 12.7. The van der Waals surface area contributed by atoms with E-state index in [1.165, 1.54) is 48.5 Å². The first kappa shape index (κ1) is 44.9. The summed E-state index contributed by atoms with van der Waals surface area (Å²) in [6, 6.07) is 22.6. The molecule has 0 amide bonds. The third-order valence-electron chi connectivity index (χ3n) is 10.8. The first-order valence-electron chi connectivity index (χ1n) is 19.5. The molecule has 4 atom stereocenters. The van der Waals surface area contributed by atoms with Crippen molar-refractivity contribution in [2.75, 3.05) is 52.4 Å². The number of aromatic hydroxyl groups is 4. The van der Waals surface area contributed by atoms with Gasteiger partial charge in [0.25, 0.3) is 0 Å². The van der Waals surface area contributed by atoms with Gasteiger partial charge in [-0.1, -0.05) is 48.5 Å². The summed E-state index contributed by atoms with van der Waals surface area (Å²) in [4.78, 5) is 57.8. The summed E-state index contributed by atoms with van der Waals surface area (Å²) in [5.41, 5.74) is 2.85. The van der Waals surface area contributed by atoms with Crippen LogP contribution in [0.1, 0.15) is 22.3 Å². The lowest BCUT2D eigenvalue weighted by Crippen LogP contribution is -2.61. The van der Waals surface area contributed by atoms with Crippen molar-refractivity contribution in [3.05, 3.63) is 119 Å². The van der Waals surface area contributed by atoms with Crippen LogP contribution in [0, 0.1) is 0 Å². The minimum atomic E-state index is -1.17. The van der Waals surface area contributed by atoms with E-state index in [0.717, 1.165) is 0 Å². The summed E-state index contributed by atoms with van der Waals surface area (Å²) in [5, 5.41) is 81.9. The number of hydrogen-bond donors (Lipinski definition) is 8. The summed E-state index contributed by atoms with van der Waals surface area (Å²) in [6.07, 6.45) is 0.789. The first-order chi connectivity index (χ1) is 28.6. The van der Waals surface area contributed by atoms with Crippen molar-refractivity contribution in [2.24, 2.45) is 0 Å². The number of carboxylic acid groups (broad SMARTS) is 4. The minimum absolute atomic E-state index is 0.0138. The Morgan fingerprint density at radius 2 is 0.517 bits per heavy atom. The molecule has 60 heavy (non-hydrogen) atoms. The Labute approximate surface area is 347 Å². The largest absolute Gasteiger partial charge is 0.508 e. The Kier molecular flexibility index (Phi) is 15.8. The maximum Gasteiger partial charge on any atom is 0.317 e. The number of hydrogen-bond acceptors (Lipinski definition) is 12. The smallest absolute Gasteiger partial charge is 0.317 e. The quantitative estimate of drug-likeness (QED) is 0.0810. The van der Waals surface area contributed by atoms with E-state index < -0.39 is 74.2 Å². The van der Waals surface area contributed by atoms with Crippen LogP contribution in [0.3, 0.4) is 0 Å². The molecule has 4 aromatic rings. The van der Waals surface area contributed by atoms with Gasteiger partial charge in [-0.15, -0.1) is 0 Å². The summed E-state index contributed by atoms with van der Waals surface area (Å²) in [6.45, 7) is -2.06. The minimum Gasteiger partial charge on any atom is -0.508 e. The number of nitrogens with zero attached hydrogens (tertiary/aromatic N) is 4. The molecule has 5 rings (SSSR count). The molecule has 0 aromatic heterocycles. The van der Waals surface area contributed by atoms with Crippen LogP contribution in [0.2, 0.25) is 0 Å². The van der Waals surface area contributed by atoms with Crippen LogP contribution in [0.5, 0.6) is 23.0 Å². The lowest BCUT2D eigenvalue weighted by atomic mass is 9.95. The second kappa shape index (κ2) is 21.2. The van der Waals surface area contributed by atoms with Gasteiger partial charge >= 0.3 is 23.9 Å². The fourth-order valence-electron chi connectivity index (χ4n) is 8.00. The van der Waals surface area contributed by atoms with Gasteiger partial charge in [-0.3, -0.25) is 38.8 Å². The van der Waals surface area contributed by atoms with Crippen LogP contribution in [0.15, 0.2) is 97.1 Å². The van der Waals surface area contributed by atoms with Crippen molar-refractivity contribution in [3.63, 3.8) is 0 Å². The Balaban J connectivity index is 1.74. The fraction of sp³-hybridized carbons (Fsp3) is 0.364. The zero-order chi connectivity index (χ0) is 43.3. The standard InChI is InChI=1S/C44H52N4O12/c49-37-9-1-29(2-10-37)17-33-21-46(26-42(55)56)35(19-31-5-13-39(51)14-6-31)23-48(28-44(59)60)36(20-32-7-15-40(52)16-8-32)24-47(27-43(57)58)34(22-45(33)25-41(53)54)18-30-3-11-38(50)12-4-30/h1-16,33-36,49-52H,17-28H2,(H,53,54)(H,55,56)(H,57,58)(H,59,60)/t33-,34-,35-,36-/m0/s1. The molecule has 1 fully saturated rings. The molecule has 16 heteroatoms. The Morgan fingerprint density at radius 1 is 0.350 bits per heavy atom. The molecule has 0 unspecified atom stereocenters. The van der Waals surface area contributed by atoms with Crippen LogP contribution in [0.25, 0.3) is 0 Å². The van der Waals surface area contributed by atoms with Crippen LogP contribution >= 0.6 is 0 Å². The Morgan fingerprint density at radius 3 is 0.667 bits per heavy atom. The number of aliphatic carboxylic acids is 4. The number of phenolic OH excluding ortho intramolecular Hbond substituents is 4. The highest BCUT2D eigenvalue weighted by Crippen LogP contribution is 2.25. The Hall–Kier alpha value is -6.20. The van der Waals surface area contributed by atoms with E-state index in [4.69, 9.17) is 0 Å². The fourth-order valence-corrected chi connectivity index (χ4v) is 8.00. The van der Waals surface area contributed by atoms with Crippen molar-refractivity contribution in [1.29, 1.82) is 0 Å². The van der Waals surface area contributed by atoms with Crippen molar-refractivity contribution >= 4 is 23.9 Å². The third-order valence-corrected chi connectivity index (χ3v) is 10.8. The molecule has 0 bridgehead atoms. The number of carboxylic acids is 4. The van der Waals surface area contributed by atoms with Crippen LogP contribution in [-0.2, 0) is 44.9 Å². The molecule has 320 valence electrons. The summed E-state index contributed by atoms with van der Waals surface area (Å²) in [7, 11) is 0. The van der Waals surface area contributed by atoms with Gasteiger partial charge in [-0.05, 0) is 96.5 Å². The average molecular weight is 829 g/mol. The topological polar surface area (TPSA) is 243 Å². The van der Waals surface area contributed by atoms with E-state index in [0.29, 0.717) is 22.3 Å². The van der Waals surface area contributed by atoms with Crippen molar-refractivity contribution in [1.82, 2.24) is 19.6 Å². The van der Waals surface area contributed by atoms with E-state index in [-0.39, 0.29) is 74.9 Å². The molecule has 0 aliphatic carbocycles. The third kappa shape index (κ3) is 14.0. The molecule has 1 aliphatic rings. The number of carbonyl (C=O) groups is 4. The predicted molar refractivity (Wildman–Crippen MR) is 219 cm³/mol. The van der Waals surface area contributed by atoms with Crippen LogP contribution in [-0.4, -0.2) is 161 Å². The van der Waals surface area contributed by atoms with E-state index in [1.54, 1.807) is 68.1 Å². The first-order valence-corrected chi connectivity index (χ1v) is 19.5. The normalized spacial score (nSPS) is 20.1. The predicted octanol–water partition coefficient (Wildman–Crippen LogP) is 2.81. The molecule has 16 nitrogen and oxygen atoms in total. The molecule has 1 heterocycles. The molecule has 0 saturated carbocycles. The molecule has 8 N–H and O–H groups in total. The molecule has 0 radical (unpaired) electrons. The second-order valence-corrected chi connectivity index (χ2v) is 15.4. The van der Waals surface area contributed by atoms with Gasteiger partial charge in [-0.2, -0.15) is 0 Å². The molecule has 0 spiro atoms. The zero-order valence-corrected chi connectivity index (χ0v) is 33.0. The highest BCUT2D eigenvalue weighted by molar-refractivity contribution is 5.70. The van der Waals surface area contributed by atoms with E-state index >= 15 is 0 Å². The van der Waals surface area contributed by atoms with Crippen molar-refractivity contribution < 1.29 is 60.0 Å². The monoisotopic (exact) mass is 828 g/mol. The molecular formula is C44H52N4O12. The highest BCUT2D eigenvalue weighted by Gasteiger charge is 2.37. The van der Waals surface area contributed by atoms with Gasteiger partial charge < -0.3 is 40.9 Å². The van der Waals surface area contributed by atoms with Crippen LogP contribution in [0.4, 0.5) is 0 Å². The molecular weight excluding hydrogens is 776 g/mol.